The molecule has 2 aromatic carbocycles. The number of carbonyl (C=O) groups excluding carboxylic acids is 2. The number of nitrogens with one attached hydrogen (secondary N) is 1. The SMILES string of the molecule is CCOC(=O)C1(c2cccc(N)c2)Nc2cc(Cl)cc(Cl)c2C1C=CC(=O)OC. The van der Waals surface area contributed by atoms with Gasteiger partial charge in [-0.25, -0.2) is 9.59 Å². The second kappa shape index (κ2) is 8.35. The predicted molar refractivity (Wildman–Crippen MR) is 113 cm³/mol. The maximum atomic E-state index is 13.3. The molecule has 2 unspecified atom stereocenters. The minimum atomic E-state index is -1.40. The van der Waals surface area contributed by atoms with Crippen LogP contribution in [0.1, 0.15) is 24.0 Å². The highest BCUT2D eigenvalue weighted by Gasteiger charge is 2.54. The number of carbonyl (C=O) groups is 2. The number of nitrogens with two attached hydrogens (primary N) is 1. The third kappa shape index (κ3) is 3.78. The first-order chi connectivity index (χ1) is 13.8. The van der Waals surface area contributed by atoms with Crippen molar-refractivity contribution in [1.29, 1.82) is 0 Å². The van der Waals surface area contributed by atoms with Crippen molar-refractivity contribution in [2.24, 2.45) is 0 Å². The number of halogens is 2. The van der Waals surface area contributed by atoms with Gasteiger partial charge < -0.3 is 20.5 Å². The molecule has 0 aromatic heterocycles. The molecule has 2 aromatic rings. The lowest BCUT2D eigenvalue weighted by atomic mass is 9.77. The van der Waals surface area contributed by atoms with E-state index in [2.05, 4.69) is 5.32 Å². The smallest absolute Gasteiger partial charge is 0.337 e. The molecule has 1 aliphatic heterocycles. The van der Waals surface area contributed by atoms with Gasteiger partial charge in [0.1, 0.15) is 0 Å². The number of fused-ring (bicyclic) bond motifs is 1. The first-order valence-corrected chi connectivity index (χ1v) is 9.65. The molecule has 6 nitrogen and oxygen atoms in total. The minimum Gasteiger partial charge on any atom is -0.466 e. The molecule has 2 atom stereocenters. The standard InChI is InChI=1S/C21H20Cl2N2O4/c1-3-29-20(27)21(12-5-4-6-14(24)9-12)15(7-8-18(26)28-2)19-16(23)10-13(22)11-17(19)25-21/h4-11,15,25H,3,24H2,1-2H3. The van der Waals surface area contributed by atoms with E-state index in [1.165, 1.54) is 13.2 Å². The number of anilines is 2. The Balaban J connectivity index is 2.29. The maximum absolute atomic E-state index is 13.3. The Morgan fingerprint density at radius 2 is 2.03 bits per heavy atom. The number of hydrogen-bond acceptors (Lipinski definition) is 6. The largest absolute Gasteiger partial charge is 0.466 e. The summed E-state index contributed by atoms with van der Waals surface area (Å²) in [6.45, 7) is 1.89. The third-order valence-electron chi connectivity index (χ3n) is 4.77. The van der Waals surface area contributed by atoms with E-state index in [0.29, 0.717) is 32.5 Å². The lowest BCUT2D eigenvalue weighted by molar-refractivity contribution is -0.149. The second-order valence-corrected chi connectivity index (χ2v) is 7.33. The summed E-state index contributed by atoms with van der Waals surface area (Å²) in [5, 5.41) is 4.01. The van der Waals surface area contributed by atoms with E-state index in [4.69, 9.17) is 38.4 Å². The second-order valence-electron chi connectivity index (χ2n) is 6.49. The summed E-state index contributed by atoms with van der Waals surface area (Å²) in [5.41, 5.74) is 6.82. The van der Waals surface area contributed by atoms with Gasteiger partial charge in [0, 0.05) is 39.0 Å². The lowest BCUT2D eigenvalue weighted by Gasteiger charge is -2.33. The predicted octanol–water partition coefficient (Wildman–Crippen LogP) is 4.27. The van der Waals surface area contributed by atoms with Crippen LogP contribution in [0.15, 0.2) is 48.6 Å². The van der Waals surface area contributed by atoms with Gasteiger partial charge in [-0.15, -0.1) is 0 Å². The summed E-state index contributed by atoms with van der Waals surface area (Å²) in [7, 11) is 1.27. The van der Waals surface area contributed by atoms with E-state index >= 15 is 0 Å². The van der Waals surface area contributed by atoms with Gasteiger partial charge >= 0.3 is 11.9 Å². The van der Waals surface area contributed by atoms with Crippen molar-refractivity contribution in [1.82, 2.24) is 0 Å². The van der Waals surface area contributed by atoms with Gasteiger partial charge in [-0.1, -0.05) is 41.4 Å². The van der Waals surface area contributed by atoms with E-state index < -0.39 is 23.4 Å². The molecule has 0 fully saturated rings. The first kappa shape index (κ1) is 21.0. The maximum Gasteiger partial charge on any atom is 0.337 e. The fourth-order valence-corrected chi connectivity index (χ4v) is 4.18. The molecule has 0 aliphatic carbocycles. The zero-order chi connectivity index (χ0) is 21.2. The van der Waals surface area contributed by atoms with Crippen molar-refractivity contribution < 1.29 is 19.1 Å². The fourth-order valence-electron chi connectivity index (χ4n) is 3.57. The van der Waals surface area contributed by atoms with Gasteiger partial charge in [-0.3, -0.25) is 0 Å². The first-order valence-electron chi connectivity index (χ1n) is 8.90. The third-order valence-corrected chi connectivity index (χ3v) is 5.30. The van der Waals surface area contributed by atoms with Crippen LogP contribution in [0.4, 0.5) is 11.4 Å². The molecule has 0 amide bonds. The molecule has 0 spiro atoms. The molecule has 8 heteroatoms. The Morgan fingerprint density at radius 3 is 2.69 bits per heavy atom. The quantitative estimate of drug-likeness (QED) is 0.414. The Bertz CT molecular complexity index is 993. The molecule has 0 radical (unpaired) electrons. The molecule has 152 valence electrons. The van der Waals surface area contributed by atoms with Gasteiger partial charge in [0.05, 0.1) is 13.7 Å². The number of ether oxygens (including phenoxy) is 2. The highest BCUT2D eigenvalue weighted by molar-refractivity contribution is 6.36. The van der Waals surface area contributed by atoms with E-state index in [1.54, 1.807) is 49.4 Å². The number of esters is 2. The number of rotatable bonds is 5. The van der Waals surface area contributed by atoms with E-state index in [1.807, 2.05) is 0 Å². The summed E-state index contributed by atoms with van der Waals surface area (Å²) in [5.74, 6) is -1.77. The normalized spacial score (nSPS) is 20.2. The number of hydrogen-bond donors (Lipinski definition) is 2. The molecular weight excluding hydrogens is 415 g/mol. The van der Waals surface area contributed by atoms with E-state index in [0.717, 1.165) is 0 Å². The summed E-state index contributed by atoms with van der Waals surface area (Å²) in [6, 6.07) is 10.2. The lowest BCUT2D eigenvalue weighted by Crippen LogP contribution is -2.45. The summed E-state index contributed by atoms with van der Waals surface area (Å²) >= 11 is 12.7. The van der Waals surface area contributed by atoms with Crippen molar-refractivity contribution in [3.63, 3.8) is 0 Å². The van der Waals surface area contributed by atoms with Crippen LogP contribution in [-0.4, -0.2) is 25.7 Å². The minimum absolute atomic E-state index is 0.169. The zero-order valence-corrected chi connectivity index (χ0v) is 17.4. The number of benzene rings is 2. The Labute approximate surface area is 178 Å². The molecular formula is C21H20Cl2N2O4. The van der Waals surface area contributed by atoms with E-state index in [-0.39, 0.29) is 6.61 Å². The van der Waals surface area contributed by atoms with Crippen molar-refractivity contribution in [2.45, 2.75) is 18.4 Å². The molecule has 0 saturated carbocycles. The topological polar surface area (TPSA) is 90.6 Å². The van der Waals surface area contributed by atoms with E-state index in [9.17, 15) is 9.59 Å². The molecule has 0 bridgehead atoms. The average molecular weight is 435 g/mol. The van der Waals surface area contributed by atoms with Crippen LogP contribution in [0, 0.1) is 0 Å². The summed E-state index contributed by atoms with van der Waals surface area (Å²) in [4.78, 5) is 25.1. The summed E-state index contributed by atoms with van der Waals surface area (Å²) in [6.07, 6.45) is 2.83. The van der Waals surface area contributed by atoms with Crippen LogP contribution in [0.5, 0.6) is 0 Å². The fraction of sp³-hybridized carbons (Fsp3) is 0.238. The average Bonchev–Trinajstić information content (AvgIpc) is 3.01. The van der Waals surface area contributed by atoms with Gasteiger partial charge in [0.2, 0.25) is 0 Å². The van der Waals surface area contributed by atoms with Crippen molar-refractivity contribution in [3.05, 3.63) is 69.7 Å². The molecule has 1 aliphatic rings. The summed E-state index contributed by atoms with van der Waals surface area (Å²) < 4.78 is 10.1. The van der Waals surface area contributed by atoms with Crippen LogP contribution in [0.25, 0.3) is 0 Å². The molecule has 29 heavy (non-hydrogen) atoms. The Hall–Kier alpha value is -2.70. The van der Waals surface area contributed by atoms with Crippen molar-refractivity contribution >= 4 is 46.5 Å². The monoisotopic (exact) mass is 434 g/mol. The highest BCUT2D eigenvalue weighted by Crippen LogP contribution is 2.53. The van der Waals surface area contributed by atoms with Gasteiger partial charge in [-0.2, -0.15) is 0 Å². The van der Waals surface area contributed by atoms with Crippen LogP contribution in [0.2, 0.25) is 10.0 Å². The Morgan fingerprint density at radius 1 is 1.28 bits per heavy atom. The van der Waals surface area contributed by atoms with Crippen molar-refractivity contribution in [2.75, 3.05) is 24.8 Å². The van der Waals surface area contributed by atoms with Crippen LogP contribution >= 0.6 is 23.2 Å². The molecule has 1 heterocycles. The van der Waals surface area contributed by atoms with Crippen LogP contribution in [-0.2, 0) is 24.6 Å². The Kier molecular flexibility index (Phi) is 6.05. The zero-order valence-electron chi connectivity index (χ0n) is 15.9. The number of nitrogen functional groups attached to an aromatic ring is 1. The van der Waals surface area contributed by atoms with Gasteiger partial charge in [0.15, 0.2) is 5.54 Å². The van der Waals surface area contributed by atoms with Crippen molar-refractivity contribution in [3.8, 4) is 0 Å². The molecule has 0 saturated heterocycles. The number of methoxy groups -OCH3 is 1. The highest BCUT2D eigenvalue weighted by atomic mass is 35.5. The molecule has 3 rings (SSSR count). The molecule has 3 N–H and O–H groups in total. The van der Waals surface area contributed by atoms with Crippen LogP contribution < -0.4 is 11.1 Å². The van der Waals surface area contributed by atoms with Gasteiger partial charge in [0.25, 0.3) is 0 Å². The van der Waals surface area contributed by atoms with Crippen LogP contribution in [0.3, 0.4) is 0 Å². The van der Waals surface area contributed by atoms with Gasteiger partial charge in [-0.05, 0) is 36.8 Å².